The van der Waals surface area contributed by atoms with E-state index in [0.717, 1.165) is 5.56 Å². The summed E-state index contributed by atoms with van der Waals surface area (Å²) in [7, 11) is 0. The molecule has 1 unspecified atom stereocenters. The fourth-order valence-corrected chi connectivity index (χ4v) is 1.48. The van der Waals surface area contributed by atoms with Crippen LogP contribution in [0.4, 0.5) is 0 Å². The molecule has 0 amide bonds. The summed E-state index contributed by atoms with van der Waals surface area (Å²) in [4.78, 5) is 10.6. The van der Waals surface area contributed by atoms with Gasteiger partial charge in [-0.25, -0.2) is 0 Å². The van der Waals surface area contributed by atoms with Crippen molar-refractivity contribution in [3.05, 3.63) is 42.1 Å². The number of hydrogen-bond acceptors (Lipinski definition) is 4. The Morgan fingerprint density at radius 3 is 2.83 bits per heavy atom. The predicted molar refractivity (Wildman–Crippen MR) is 65.9 cm³/mol. The number of carboxylic acid groups (broad SMARTS) is 1. The number of hydrogen-bond donors (Lipinski definition) is 2. The van der Waals surface area contributed by atoms with Gasteiger partial charge in [-0.2, -0.15) is 0 Å². The molecule has 5 heteroatoms. The lowest BCUT2D eigenvalue weighted by atomic mass is 10.1. The van der Waals surface area contributed by atoms with Gasteiger partial charge >= 0.3 is 5.97 Å². The van der Waals surface area contributed by atoms with Crippen LogP contribution < -0.4 is 5.32 Å². The van der Waals surface area contributed by atoms with Crippen LogP contribution in [0.5, 0.6) is 0 Å². The molecule has 0 spiro atoms. The van der Waals surface area contributed by atoms with Crippen LogP contribution in [-0.2, 0) is 11.3 Å². The minimum absolute atomic E-state index is 0.365. The topological polar surface area (TPSA) is 75.4 Å². The van der Waals surface area contributed by atoms with Gasteiger partial charge in [-0.1, -0.05) is 35.5 Å². The summed E-state index contributed by atoms with van der Waals surface area (Å²) in [6, 6.07) is 10.8. The Labute approximate surface area is 104 Å². The molecule has 0 saturated carbocycles. The minimum Gasteiger partial charge on any atom is -0.480 e. The fourth-order valence-electron chi connectivity index (χ4n) is 1.48. The van der Waals surface area contributed by atoms with Crippen molar-refractivity contribution in [1.82, 2.24) is 10.5 Å². The van der Waals surface area contributed by atoms with Crippen LogP contribution in [0.3, 0.4) is 0 Å². The van der Waals surface area contributed by atoms with Crippen LogP contribution in [0.1, 0.15) is 12.6 Å². The second-order valence-electron chi connectivity index (χ2n) is 3.99. The Morgan fingerprint density at radius 1 is 1.44 bits per heavy atom. The fraction of sp³-hybridized carbons (Fsp3) is 0.231. The van der Waals surface area contributed by atoms with Gasteiger partial charge in [-0.3, -0.25) is 10.1 Å². The molecule has 1 heterocycles. The Kier molecular flexibility index (Phi) is 3.74. The van der Waals surface area contributed by atoms with Crippen molar-refractivity contribution in [3.8, 4) is 11.3 Å². The van der Waals surface area contributed by atoms with Crippen molar-refractivity contribution in [3.63, 3.8) is 0 Å². The first kappa shape index (κ1) is 12.3. The molecule has 2 N–H and O–H groups in total. The lowest BCUT2D eigenvalue weighted by Crippen LogP contribution is -2.33. The number of aromatic nitrogens is 1. The molecule has 1 atom stereocenters. The highest BCUT2D eigenvalue weighted by molar-refractivity contribution is 5.72. The zero-order chi connectivity index (χ0) is 13.0. The van der Waals surface area contributed by atoms with Gasteiger partial charge in [0.05, 0.1) is 5.69 Å². The zero-order valence-corrected chi connectivity index (χ0v) is 9.96. The van der Waals surface area contributed by atoms with Gasteiger partial charge < -0.3 is 9.63 Å². The molecule has 5 nitrogen and oxygen atoms in total. The Morgan fingerprint density at radius 2 is 2.17 bits per heavy atom. The van der Waals surface area contributed by atoms with Crippen molar-refractivity contribution in [1.29, 1.82) is 0 Å². The molecule has 18 heavy (non-hydrogen) atoms. The number of carboxylic acids is 1. The molecule has 0 fully saturated rings. The van der Waals surface area contributed by atoms with Gasteiger partial charge in [-0.05, 0) is 6.92 Å². The standard InChI is InChI=1S/C13H14N2O3/c1-9(13(16)17)14-8-11-7-12(18-15-11)10-5-3-2-4-6-10/h2-7,9,14H,8H2,1H3,(H,16,17). The summed E-state index contributed by atoms with van der Waals surface area (Å²) in [6.07, 6.45) is 0. The molecule has 0 aliphatic rings. The van der Waals surface area contributed by atoms with Gasteiger partial charge in [0.15, 0.2) is 5.76 Å². The molecule has 1 aromatic carbocycles. The maximum atomic E-state index is 10.6. The second kappa shape index (κ2) is 5.46. The minimum atomic E-state index is -0.887. The first-order valence-electron chi connectivity index (χ1n) is 5.64. The van der Waals surface area contributed by atoms with Crippen LogP contribution in [0.25, 0.3) is 11.3 Å². The van der Waals surface area contributed by atoms with E-state index in [1.165, 1.54) is 0 Å². The Hall–Kier alpha value is -2.14. The van der Waals surface area contributed by atoms with Crippen LogP contribution in [0.15, 0.2) is 40.9 Å². The van der Waals surface area contributed by atoms with Crippen molar-refractivity contribution in [2.45, 2.75) is 19.5 Å². The predicted octanol–water partition coefficient (Wildman–Crippen LogP) is 1.90. The Balaban J connectivity index is 2.01. The highest BCUT2D eigenvalue weighted by Crippen LogP contribution is 2.19. The third-order valence-electron chi connectivity index (χ3n) is 2.58. The summed E-state index contributed by atoms with van der Waals surface area (Å²) in [5, 5.41) is 15.5. The number of benzene rings is 1. The maximum Gasteiger partial charge on any atom is 0.320 e. The van der Waals surface area contributed by atoms with Gasteiger partial charge in [0, 0.05) is 18.2 Å². The molecular weight excluding hydrogens is 232 g/mol. The summed E-state index contributed by atoms with van der Waals surface area (Å²) >= 11 is 0. The average molecular weight is 246 g/mol. The van der Waals surface area contributed by atoms with E-state index in [2.05, 4.69) is 10.5 Å². The van der Waals surface area contributed by atoms with Crippen molar-refractivity contribution < 1.29 is 14.4 Å². The van der Waals surface area contributed by atoms with E-state index < -0.39 is 12.0 Å². The SMILES string of the molecule is CC(NCc1cc(-c2ccccc2)on1)C(=O)O. The van der Waals surface area contributed by atoms with E-state index in [-0.39, 0.29) is 0 Å². The van der Waals surface area contributed by atoms with E-state index in [4.69, 9.17) is 9.63 Å². The molecule has 0 bridgehead atoms. The van der Waals surface area contributed by atoms with Gasteiger partial charge in [0.2, 0.25) is 0 Å². The third kappa shape index (κ3) is 2.95. The van der Waals surface area contributed by atoms with Crippen molar-refractivity contribution in [2.24, 2.45) is 0 Å². The molecule has 2 aromatic rings. The lowest BCUT2D eigenvalue weighted by Gasteiger charge is -2.05. The van der Waals surface area contributed by atoms with Gasteiger partial charge in [-0.15, -0.1) is 0 Å². The van der Waals surface area contributed by atoms with E-state index in [1.807, 2.05) is 30.3 Å². The van der Waals surface area contributed by atoms with E-state index in [9.17, 15) is 4.79 Å². The van der Waals surface area contributed by atoms with Crippen molar-refractivity contribution in [2.75, 3.05) is 0 Å². The highest BCUT2D eigenvalue weighted by atomic mass is 16.5. The maximum absolute atomic E-state index is 10.6. The zero-order valence-electron chi connectivity index (χ0n) is 9.96. The smallest absolute Gasteiger partial charge is 0.320 e. The number of nitrogens with one attached hydrogen (secondary N) is 1. The summed E-state index contributed by atoms with van der Waals surface area (Å²) in [6.45, 7) is 1.95. The molecule has 0 aliphatic heterocycles. The third-order valence-corrected chi connectivity index (χ3v) is 2.58. The van der Waals surface area contributed by atoms with E-state index in [1.54, 1.807) is 13.0 Å². The quantitative estimate of drug-likeness (QED) is 0.842. The summed E-state index contributed by atoms with van der Waals surface area (Å²) in [5.74, 6) is -0.211. The van der Waals surface area contributed by atoms with E-state index >= 15 is 0 Å². The summed E-state index contributed by atoms with van der Waals surface area (Å²) in [5.41, 5.74) is 1.63. The first-order valence-corrected chi connectivity index (χ1v) is 5.64. The average Bonchev–Trinajstić information content (AvgIpc) is 2.85. The number of carbonyl (C=O) groups is 1. The number of nitrogens with zero attached hydrogens (tertiary/aromatic N) is 1. The van der Waals surface area contributed by atoms with Gasteiger partial charge in [0.25, 0.3) is 0 Å². The van der Waals surface area contributed by atoms with Crippen LogP contribution in [0.2, 0.25) is 0 Å². The molecule has 1 aromatic heterocycles. The van der Waals surface area contributed by atoms with E-state index in [0.29, 0.717) is 18.0 Å². The molecule has 0 aliphatic carbocycles. The molecule has 0 saturated heterocycles. The number of aliphatic carboxylic acids is 1. The van der Waals surface area contributed by atoms with Gasteiger partial charge in [0.1, 0.15) is 6.04 Å². The molecular formula is C13H14N2O3. The molecule has 94 valence electrons. The lowest BCUT2D eigenvalue weighted by molar-refractivity contribution is -0.139. The molecule has 0 radical (unpaired) electrons. The number of rotatable bonds is 5. The Bertz CT molecular complexity index is 522. The second-order valence-corrected chi connectivity index (χ2v) is 3.99. The van der Waals surface area contributed by atoms with Crippen LogP contribution in [0, 0.1) is 0 Å². The first-order chi connectivity index (χ1) is 8.66. The molecule has 2 rings (SSSR count). The summed E-state index contributed by atoms with van der Waals surface area (Å²) < 4.78 is 5.21. The monoisotopic (exact) mass is 246 g/mol. The largest absolute Gasteiger partial charge is 0.480 e. The normalized spacial score (nSPS) is 12.3. The highest BCUT2D eigenvalue weighted by Gasteiger charge is 2.11. The van der Waals surface area contributed by atoms with Crippen molar-refractivity contribution >= 4 is 5.97 Å². The van der Waals surface area contributed by atoms with Crippen LogP contribution in [-0.4, -0.2) is 22.3 Å². The van der Waals surface area contributed by atoms with Crippen LogP contribution >= 0.6 is 0 Å².